The molecule has 0 atom stereocenters. The molecule has 94 valence electrons. The van der Waals surface area contributed by atoms with Crippen LogP contribution in [0.4, 0.5) is 14.9 Å². The fraction of sp³-hybridized carbons (Fsp3) is 0.364. The van der Waals surface area contributed by atoms with E-state index in [0.29, 0.717) is 4.47 Å². The lowest BCUT2D eigenvalue weighted by atomic mass is 10.2. The summed E-state index contributed by atoms with van der Waals surface area (Å²) in [7, 11) is 0. The fourth-order valence-electron chi connectivity index (χ4n) is 1.03. The highest BCUT2D eigenvalue weighted by Crippen LogP contribution is 2.28. The standard InChI is InChI=1S/C11H12BrClFNO2/c1-11(2,3)17-10(16)15-9-4-6(12)7(13)5-8(9)14/h4-5H,1-3H3,(H,15,16). The van der Waals surface area contributed by atoms with Crippen LogP contribution in [-0.2, 0) is 4.74 Å². The third-order valence-electron chi connectivity index (χ3n) is 1.65. The maximum atomic E-state index is 13.4. The maximum absolute atomic E-state index is 13.4. The Labute approximate surface area is 112 Å². The van der Waals surface area contributed by atoms with E-state index in [0.717, 1.165) is 6.07 Å². The van der Waals surface area contributed by atoms with Crippen LogP contribution in [0, 0.1) is 5.82 Å². The summed E-state index contributed by atoms with van der Waals surface area (Å²) in [5, 5.41) is 2.54. The molecule has 0 aliphatic carbocycles. The molecule has 1 amide bonds. The third-order valence-corrected chi connectivity index (χ3v) is 2.84. The molecule has 17 heavy (non-hydrogen) atoms. The minimum Gasteiger partial charge on any atom is -0.444 e. The summed E-state index contributed by atoms with van der Waals surface area (Å²) in [5.74, 6) is -0.621. The van der Waals surface area contributed by atoms with Crippen molar-refractivity contribution in [2.24, 2.45) is 0 Å². The average Bonchev–Trinajstić information content (AvgIpc) is 2.11. The summed E-state index contributed by atoms with van der Waals surface area (Å²) in [6, 6.07) is 2.49. The zero-order chi connectivity index (χ0) is 13.2. The Hall–Kier alpha value is -0.810. The molecule has 1 aromatic rings. The Morgan fingerprint density at radius 3 is 2.59 bits per heavy atom. The van der Waals surface area contributed by atoms with Crippen molar-refractivity contribution in [3.8, 4) is 0 Å². The predicted octanol–water partition coefficient (Wildman–Crippen LogP) is 4.59. The Bertz CT molecular complexity index is 446. The molecule has 6 heteroatoms. The van der Waals surface area contributed by atoms with Crippen molar-refractivity contribution in [2.75, 3.05) is 5.32 Å². The number of rotatable bonds is 1. The zero-order valence-electron chi connectivity index (χ0n) is 9.61. The first-order valence-corrected chi connectivity index (χ1v) is 6.00. The van der Waals surface area contributed by atoms with E-state index in [-0.39, 0.29) is 10.7 Å². The van der Waals surface area contributed by atoms with Gasteiger partial charge in [0.25, 0.3) is 0 Å². The number of halogens is 3. The molecule has 1 N–H and O–H groups in total. The lowest BCUT2D eigenvalue weighted by molar-refractivity contribution is 0.0635. The second kappa shape index (κ2) is 5.23. The summed E-state index contributed by atoms with van der Waals surface area (Å²) in [6.07, 6.45) is -0.717. The van der Waals surface area contributed by atoms with E-state index in [9.17, 15) is 9.18 Å². The van der Waals surface area contributed by atoms with Crippen molar-refractivity contribution < 1.29 is 13.9 Å². The van der Waals surface area contributed by atoms with Crippen LogP contribution in [0.3, 0.4) is 0 Å². The van der Waals surface area contributed by atoms with Crippen LogP contribution in [0.5, 0.6) is 0 Å². The molecule has 0 bridgehead atoms. The lowest BCUT2D eigenvalue weighted by Gasteiger charge is -2.19. The first kappa shape index (κ1) is 14.3. The number of carbonyl (C=O) groups excluding carboxylic acids is 1. The normalized spacial score (nSPS) is 11.2. The smallest absolute Gasteiger partial charge is 0.412 e. The molecule has 0 heterocycles. The van der Waals surface area contributed by atoms with Gasteiger partial charge >= 0.3 is 6.09 Å². The van der Waals surface area contributed by atoms with Crippen LogP contribution >= 0.6 is 27.5 Å². The molecule has 0 saturated heterocycles. The van der Waals surface area contributed by atoms with Crippen LogP contribution in [0.2, 0.25) is 5.02 Å². The van der Waals surface area contributed by atoms with Crippen molar-refractivity contribution >= 4 is 39.3 Å². The van der Waals surface area contributed by atoms with Gasteiger partial charge in [0.2, 0.25) is 0 Å². The fourth-order valence-corrected chi connectivity index (χ4v) is 1.53. The maximum Gasteiger partial charge on any atom is 0.412 e. The number of amides is 1. The lowest BCUT2D eigenvalue weighted by Crippen LogP contribution is -2.27. The van der Waals surface area contributed by atoms with Crippen LogP contribution in [0.1, 0.15) is 20.8 Å². The molecule has 0 unspecified atom stereocenters. The molecule has 0 spiro atoms. The van der Waals surface area contributed by atoms with Gasteiger partial charge in [-0.2, -0.15) is 0 Å². The number of ether oxygens (including phenoxy) is 1. The number of benzene rings is 1. The van der Waals surface area contributed by atoms with Gasteiger partial charge in [-0.25, -0.2) is 9.18 Å². The molecule has 0 aliphatic heterocycles. The molecule has 3 nitrogen and oxygen atoms in total. The zero-order valence-corrected chi connectivity index (χ0v) is 11.9. The van der Waals surface area contributed by atoms with Crippen LogP contribution in [0.25, 0.3) is 0 Å². The van der Waals surface area contributed by atoms with E-state index in [2.05, 4.69) is 21.2 Å². The topological polar surface area (TPSA) is 38.3 Å². The first-order chi connectivity index (χ1) is 7.69. The average molecular weight is 325 g/mol. The first-order valence-electron chi connectivity index (χ1n) is 4.83. The number of carbonyl (C=O) groups is 1. The minimum absolute atomic E-state index is 0.00975. The van der Waals surface area contributed by atoms with Crippen molar-refractivity contribution in [1.29, 1.82) is 0 Å². The number of hydrogen-bond donors (Lipinski definition) is 1. The number of nitrogens with one attached hydrogen (secondary N) is 1. The van der Waals surface area contributed by atoms with E-state index in [1.165, 1.54) is 6.07 Å². The van der Waals surface area contributed by atoms with Crippen molar-refractivity contribution in [3.05, 3.63) is 27.4 Å². The SMILES string of the molecule is CC(C)(C)OC(=O)Nc1cc(Br)c(Cl)cc1F. The van der Waals surface area contributed by atoms with Gasteiger partial charge in [0.1, 0.15) is 11.4 Å². The summed E-state index contributed by atoms with van der Waals surface area (Å²) in [6.45, 7) is 5.17. The summed E-state index contributed by atoms with van der Waals surface area (Å²) in [5.41, 5.74) is -0.625. The van der Waals surface area contributed by atoms with Gasteiger partial charge in [0.15, 0.2) is 0 Å². The molecule has 0 radical (unpaired) electrons. The predicted molar refractivity (Wildman–Crippen MR) is 69.0 cm³/mol. The van der Waals surface area contributed by atoms with Crippen molar-refractivity contribution in [2.45, 2.75) is 26.4 Å². The monoisotopic (exact) mass is 323 g/mol. The van der Waals surface area contributed by atoms with Gasteiger partial charge in [0.05, 0.1) is 10.7 Å². The number of anilines is 1. The Kier molecular flexibility index (Phi) is 4.38. The molecular formula is C11H12BrClFNO2. The van der Waals surface area contributed by atoms with Gasteiger partial charge < -0.3 is 4.74 Å². The van der Waals surface area contributed by atoms with Gasteiger partial charge in [-0.3, -0.25) is 5.32 Å². The van der Waals surface area contributed by atoms with E-state index >= 15 is 0 Å². The molecular weight excluding hydrogens is 312 g/mol. The van der Waals surface area contributed by atoms with Crippen LogP contribution in [-0.4, -0.2) is 11.7 Å². The molecule has 1 aromatic carbocycles. The Morgan fingerprint density at radius 1 is 1.47 bits per heavy atom. The second-order valence-electron chi connectivity index (χ2n) is 4.37. The summed E-state index contributed by atoms with van der Waals surface area (Å²) >= 11 is 8.84. The second-order valence-corrected chi connectivity index (χ2v) is 5.63. The van der Waals surface area contributed by atoms with Crippen LogP contribution in [0.15, 0.2) is 16.6 Å². The Morgan fingerprint density at radius 2 is 2.06 bits per heavy atom. The largest absolute Gasteiger partial charge is 0.444 e. The molecule has 1 rings (SSSR count). The van der Waals surface area contributed by atoms with Crippen LogP contribution < -0.4 is 5.32 Å². The van der Waals surface area contributed by atoms with Gasteiger partial charge in [-0.05, 0) is 48.8 Å². The molecule has 0 fully saturated rings. The highest BCUT2D eigenvalue weighted by Gasteiger charge is 2.17. The summed E-state index contributed by atoms with van der Waals surface area (Å²) < 4.78 is 18.9. The van der Waals surface area contributed by atoms with E-state index in [1.54, 1.807) is 20.8 Å². The molecule has 0 aliphatic rings. The van der Waals surface area contributed by atoms with Crippen molar-refractivity contribution in [1.82, 2.24) is 0 Å². The van der Waals surface area contributed by atoms with E-state index < -0.39 is 17.5 Å². The third kappa shape index (κ3) is 4.52. The van der Waals surface area contributed by atoms with E-state index in [1.807, 2.05) is 0 Å². The summed E-state index contributed by atoms with van der Waals surface area (Å²) in [4.78, 5) is 11.4. The molecule has 0 aromatic heterocycles. The molecule has 0 saturated carbocycles. The highest BCUT2D eigenvalue weighted by molar-refractivity contribution is 9.10. The Balaban J connectivity index is 2.82. The van der Waals surface area contributed by atoms with E-state index in [4.69, 9.17) is 16.3 Å². The van der Waals surface area contributed by atoms with Crippen molar-refractivity contribution in [3.63, 3.8) is 0 Å². The van der Waals surface area contributed by atoms with Gasteiger partial charge in [-0.15, -0.1) is 0 Å². The van der Waals surface area contributed by atoms with Gasteiger partial charge in [-0.1, -0.05) is 11.6 Å². The highest BCUT2D eigenvalue weighted by atomic mass is 79.9. The van der Waals surface area contributed by atoms with Gasteiger partial charge in [0, 0.05) is 4.47 Å². The number of hydrogen-bond acceptors (Lipinski definition) is 2. The minimum atomic E-state index is -0.717. The quantitative estimate of drug-likeness (QED) is 0.767.